The second kappa shape index (κ2) is 7.70. The van der Waals surface area contributed by atoms with Gasteiger partial charge in [-0.3, -0.25) is 14.7 Å². The monoisotopic (exact) mass is 349 g/mol. The summed E-state index contributed by atoms with van der Waals surface area (Å²) in [6.07, 6.45) is 2.78. The van der Waals surface area contributed by atoms with Crippen LogP contribution >= 0.6 is 0 Å². The van der Waals surface area contributed by atoms with Crippen molar-refractivity contribution in [1.82, 2.24) is 24.8 Å². The molecule has 0 spiro atoms. The van der Waals surface area contributed by atoms with Gasteiger partial charge in [0, 0.05) is 51.7 Å². The van der Waals surface area contributed by atoms with Crippen LogP contribution in [0.15, 0.2) is 4.52 Å². The summed E-state index contributed by atoms with van der Waals surface area (Å²) in [4.78, 5) is 12.1. The Kier molecular flexibility index (Phi) is 5.36. The summed E-state index contributed by atoms with van der Waals surface area (Å²) in [6, 6.07) is 0.212. The van der Waals surface area contributed by atoms with E-state index in [1.54, 1.807) is 0 Å². The number of likely N-dealkylation sites (N-methyl/N-ethyl adjacent to an activating group) is 1. The van der Waals surface area contributed by atoms with E-state index >= 15 is 0 Å². The summed E-state index contributed by atoms with van der Waals surface area (Å²) in [5.41, 5.74) is 0. The Balaban J connectivity index is 1.24. The molecule has 1 saturated carbocycles. The zero-order valence-corrected chi connectivity index (χ0v) is 15.6. The maximum absolute atomic E-state index is 5.96. The number of ether oxygens (including phenoxy) is 1. The summed E-state index contributed by atoms with van der Waals surface area (Å²) in [5.74, 6) is 2.25. The normalized spacial score (nSPS) is 28.3. The van der Waals surface area contributed by atoms with Crippen molar-refractivity contribution in [2.75, 3.05) is 59.0 Å². The van der Waals surface area contributed by atoms with Gasteiger partial charge in [0.1, 0.15) is 0 Å². The van der Waals surface area contributed by atoms with Crippen molar-refractivity contribution >= 4 is 0 Å². The van der Waals surface area contributed by atoms with E-state index in [0.29, 0.717) is 12.0 Å². The number of hydrogen-bond donors (Lipinski definition) is 0. The maximum atomic E-state index is 5.96. The SMILES string of the molecule is CCN1CCO[C@@H](CN2CCN([C@H](C)c3nc(C4CC4)no3)CC2)C1. The fraction of sp³-hybridized carbons (Fsp3) is 0.889. The number of rotatable bonds is 6. The van der Waals surface area contributed by atoms with Gasteiger partial charge in [0.05, 0.1) is 18.8 Å². The first kappa shape index (κ1) is 17.4. The zero-order chi connectivity index (χ0) is 17.2. The quantitative estimate of drug-likeness (QED) is 0.768. The van der Waals surface area contributed by atoms with Crippen molar-refractivity contribution in [3.8, 4) is 0 Å². The van der Waals surface area contributed by atoms with Gasteiger partial charge in [-0.2, -0.15) is 4.98 Å². The average molecular weight is 349 g/mol. The van der Waals surface area contributed by atoms with Crippen LogP contribution in [0.25, 0.3) is 0 Å². The molecule has 7 heteroatoms. The molecule has 1 aromatic heterocycles. The lowest BCUT2D eigenvalue weighted by Crippen LogP contribution is -2.52. The Labute approximate surface area is 150 Å². The predicted octanol–water partition coefficient (Wildman–Crippen LogP) is 1.35. The van der Waals surface area contributed by atoms with Crippen LogP contribution in [-0.2, 0) is 4.74 Å². The van der Waals surface area contributed by atoms with Crippen LogP contribution in [0.2, 0.25) is 0 Å². The number of hydrogen-bond acceptors (Lipinski definition) is 7. The Morgan fingerprint density at radius 2 is 1.92 bits per heavy atom. The Morgan fingerprint density at radius 3 is 2.64 bits per heavy atom. The third-order valence-electron chi connectivity index (χ3n) is 5.84. The van der Waals surface area contributed by atoms with Crippen LogP contribution in [-0.4, -0.2) is 89.9 Å². The highest BCUT2D eigenvalue weighted by atomic mass is 16.5. The highest BCUT2D eigenvalue weighted by molar-refractivity contribution is 5.04. The second-order valence-electron chi connectivity index (χ2n) is 7.66. The Hall–Kier alpha value is -1.02. The van der Waals surface area contributed by atoms with Gasteiger partial charge in [0.2, 0.25) is 5.89 Å². The van der Waals surface area contributed by atoms with Crippen molar-refractivity contribution in [2.24, 2.45) is 0 Å². The van der Waals surface area contributed by atoms with Gasteiger partial charge >= 0.3 is 0 Å². The van der Waals surface area contributed by atoms with Crippen molar-refractivity contribution in [2.45, 2.75) is 44.8 Å². The lowest BCUT2D eigenvalue weighted by atomic mass is 10.2. The minimum atomic E-state index is 0.212. The van der Waals surface area contributed by atoms with E-state index in [-0.39, 0.29) is 6.04 Å². The molecule has 0 radical (unpaired) electrons. The van der Waals surface area contributed by atoms with E-state index in [9.17, 15) is 0 Å². The molecule has 3 aliphatic rings. The second-order valence-corrected chi connectivity index (χ2v) is 7.66. The van der Waals surface area contributed by atoms with Gasteiger partial charge in [-0.05, 0) is 26.3 Å². The fourth-order valence-electron chi connectivity index (χ4n) is 3.88. The highest BCUT2D eigenvalue weighted by Crippen LogP contribution is 2.38. The third kappa shape index (κ3) is 4.22. The molecule has 2 saturated heterocycles. The maximum Gasteiger partial charge on any atom is 0.243 e. The van der Waals surface area contributed by atoms with E-state index in [1.165, 1.54) is 12.8 Å². The highest BCUT2D eigenvalue weighted by Gasteiger charge is 2.32. The molecule has 4 rings (SSSR count). The van der Waals surface area contributed by atoms with Crippen LogP contribution in [0.3, 0.4) is 0 Å². The van der Waals surface area contributed by atoms with Crippen molar-refractivity contribution < 1.29 is 9.26 Å². The van der Waals surface area contributed by atoms with Crippen LogP contribution in [0.5, 0.6) is 0 Å². The first-order chi connectivity index (χ1) is 12.2. The summed E-state index contributed by atoms with van der Waals surface area (Å²) in [5, 5.41) is 4.16. The standard InChI is InChI=1S/C18H31N5O2/c1-3-21-10-11-24-16(12-21)13-22-6-8-23(9-7-22)14(2)18-19-17(20-25-18)15-4-5-15/h14-16H,3-13H2,1-2H3/t14-,16-/m1/s1. The zero-order valence-electron chi connectivity index (χ0n) is 15.6. The van der Waals surface area contributed by atoms with Crippen molar-refractivity contribution in [1.29, 1.82) is 0 Å². The minimum Gasteiger partial charge on any atom is -0.374 e. The number of aromatic nitrogens is 2. The molecule has 3 fully saturated rings. The van der Waals surface area contributed by atoms with E-state index in [1.807, 2.05) is 0 Å². The van der Waals surface area contributed by atoms with E-state index in [0.717, 1.165) is 70.7 Å². The molecule has 2 aliphatic heterocycles. The fourth-order valence-corrected chi connectivity index (χ4v) is 3.88. The van der Waals surface area contributed by atoms with E-state index in [4.69, 9.17) is 9.26 Å². The number of morpholine rings is 1. The molecule has 0 bridgehead atoms. The molecular weight excluding hydrogens is 318 g/mol. The van der Waals surface area contributed by atoms with Gasteiger partial charge in [-0.25, -0.2) is 0 Å². The van der Waals surface area contributed by atoms with Gasteiger partial charge in [-0.1, -0.05) is 12.1 Å². The number of nitrogens with zero attached hydrogens (tertiary/aromatic N) is 5. The molecule has 2 atom stereocenters. The smallest absolute Gasteiger partial charge is 0.243 e. The van der Waals surface area contributed by atoms with Gasteiger partial charge in [-0.15, -0.1) is 0 Å². The molecule has 0 amide bonds. The van der Waals surface area contributed by atoms with Crippen molar-refractivity contribution in [3.63, 3.8) is 0 Å². The molecule has 0 aromatic carbocycles. The molecule has 0 unspecified atom stereocenters. The molecule has 140 valence electrons. The largest absolute Gasteiger partial charge is 0.374 e. The third-order valence-corrected chi connectivity index (χ3v) is 5.84. The molecule has 1 aromatic rings. The van der Waals surface area contributed by atoms with Gasteiger partial charge in [0.25, 0.3) is 0 Å². The van der Waals surface area contributed by atoms with Crippen LogP contribution in [0, 0.1) is 0 Å². The predicted molar refractivity (Wildman–Crippen MR) is 94.6 cm³/mol. The Bertz CT molecular complexity index is 553. The van der Waals surface area contributed by atoms with E-state index in [2.05, 4.69) is 38.7 Å². The summed E-state index contributed by atoms with van der Waals surface area (Å²) in [6.45, 7) is 13.9. The van der Waals surface area contributed by atoms with Gasteiger partial charge < -0.3 is 9.26 Å². The molecule has 3 heterocycles. The molecular formula is C18H31N5O2. The molecule has 1 aliphatic carbocycles. The average Bonchev–Trinajstić information content (AvgIpc) is 3.39. The Morgan fingerprint density at radius 1 is 1.12 bits per heavy atom. The first-order valence-electron chi connectivity index (χ1n) is 9.86. The van der Waals surface area contributed by atoms with E-state index < -0.39 is 0 Å². The lowest BCUT2D eigenvalue weighted by Gasteiger charge is -2.40. The van der Waals surface area contributed by atoms with Crippen LogP contribution in [0.1, 0.15) is 50.4 Å². The molecule has 25 heavy (non-hydrogen) atoms. The lowest BCUT2D eigenvalue weighted by molar-refractivity contribution is -0.0485. The topological polar surface area (TPSA) is 57.9 Å². The summed E-state index contributed by atoms with van der Waals surface area (Å²) < 4.78 is 11.5. The summed E-state index contributed by atoms with van der Waals surface area (Å²) >= 11 is 0. The van der Waals surface area contributed by atoms with Crippen molar-refractivity contribution in [3.05, 3.63) is 11.7 Å². The van der Waals surface area contributed by atoms with Crippen LogP contribution in [0.4, 0.5) is 0 Å². The first-order valence-corrected chi connectivity index (χ1v) is 9.86. The molecule has 0 N–H and O–H groups in total. The molecule has 7 nitrogen and oxygen atoms in total. The minimum absolute atomic E-state index is 0.212. The summed E-state index contributed by atoms with van der Waals surface area (Å²) in [7, 11) is 0. The number of piperazine rings is 1. The van der Waals surface area contributed by atoms with Gasteiger partial charge in [0.15, 0.2) is 5.82 Å². The van der Waals surface area contributed by atoms with Crippen LogP contribution < -0.4 is 0 Å².